The molecule has 0 saturated carbocycles. The van der Waals surface area contributed by atoms with Crippen LogP contribution >= 0.6 is 11.3 Å². The number of benzene rings is 1. The highest BCUT2D eigenvalue weighted by Gasteiger charge is 2.09. The van der Waals surface area contributed by atoms with Crippen molar-refractivity contribution in [1.29, 1.82) is 5.26 Å². The SMILES string of the molecule is CC(Cc1cccs1)Nc1cc(C#N)nc2ccccc12. The zero-order valence-corrected chi connectivity index (χ0v) is 12.5. The van der Waals surface area contributed by atoms with Crippen LogP contribution in [0.25, 0.3) is 10.9 Å². The number of nitrogens with one attached hydrogen (secondary N) is 1. The molecule has 0 aliphatic carbocycles. The molecule has 0 spiro atoms. The molecule has 1 unspecified atom stereocenters. The summed E-state index contributed by atoms with van der Waals surface area (Å²) in [6.45, 7) is 2.15. The van der Waals surface area contributed by atoms with Crippen LogP contribution in [-0.4, -0.2) is 11.0 Å². The van der Waals surface area contributed by atoms with E-state index < -0.39 is 0 Å². The topological polar surface area (TPSA) is 48.7 Å². The molecule has 0 fully saturated rings. The van der Waals surface area contributed by atoms with Crippen molar-refractivity contribution in [3.8, 4) is 6.07 Å². The molecule has 3 nitrogen and oxygen atoms in total. The fraction of sp³-hybridized carbons (Fsp3) is 0.176. The first-order valence-corrected chi connectivity index (χ1v) is 7.73. The number of para-hydroxylation sites is 1. The van der Waals surface area contributed by atoms with Gasteiger partial charge in [-0.1, -0.05) is 24.3 Å². The summed E-state index contributed by atoms with van der Waals surface area (Å²) in [5.41, 5.74) is 2.27. The van der Waals surface area contributed by atoms with Gasteiger partial charge in [-0.15, -0.1) is 11.3 Å². The maximum Gasteiger partial charge on any atom is 0.143 e. The maximum absolute atomic E-state index is 9.12. The zero-order chi connectivity index (χ0) is 14.7. The van der Waals surface area contributed by atoms with Crippen LogP contribution < -0.4 is 5.32 Å². The predicted octanol–water partition coefficient (Wildman–Crippen LogP) is 4.21. The smallest absolute Gasteiger partial charge is 0.143 e. The van der Waals surface area contributed by atoms with Gasteiger partial charge in [0.15, 0.2) is 0 Å². The fourth-order valence-corrected chi connectivity index (χ4v) is 3.23. The van der Waals surface area contributed by atoms with E-state index >= 15 is 0 Å². The predicted molar refractivity (Wildman–Crippen MR) is 87.6 cm³/mol. The van der Waals surface area contributed by atoms with Gasteiger partial charge >= 0.3 is 0 Å². The van der Waals surface area contributed by atoms with Gasteiger partial charge in [-0.25, -0.2) is 4.98 Å². The molecule has 0 amide bonds. The summed E-state index contributed by atoms with van der Waals surface area (Å²) in [6.07, 6.45) is 0.968. The van der Waals surface area contributed by atoms with Crippen LogP contribution in [0.4, 0.5) is 5.69 Å². The number of fused-ring (bicyclic) bond motifs is 1. The summed E-state index contributed by atoms with van der Waals surface area (Å²) < 4.78 is 0. The molecule has 3 aromatic rings. The highest BCUT2D eigenvalue weighted by Crippen LogP contribution is 2.24. The van der Waals surface area contributed by atoms with Crippen molar-refractivity contribution in [2.75, 3.05) is 5.32 Å². The number of hydrogen-bond acceptors (Lipinski definition) is 4. The van der Waals surface area contributed by atoms with Crippen molar-refractivity contribution in [3.05, 3.63) is 58.4 Å². The summed E-state index contributed by atoms with van der Waals surface area (Å²) >= 11 is 1.77. The molecule has 4 heteroatoms. The van der Waals surface area contributed by atoms with Gasteiger partial charge in [0.2, 0.25) is 0 Å². The van der Waals surface area contributed by atoms with Gasteiger partial charge in [-0.05, 0) is 30.5 Å². The summed E-state index contributed by atoms with van der Waals surface area (Å²) in [5.74, 6) is 0. The molecular weight excluding hydrogens is 278 g/mol. The minimum Gasteiger partial charge on any atom is -0.382 e. The van der Waals surface area contributed by atoms with E-state index in [9.17, 15) is 0 Å². The number of anilines is 1. The minimum atomic E-state index is 0.293. The second-order valence-electron chi connectivity index (χ2n) is 5.01. The molecule has 104 valence electrons. The van der Waals surface area contributed by atoms with Gasteiger partial charge in [0.05, 0.1) is 5.52 Å². The Morgan fingerprint density at radius 1 is 1.29 bits per heavy atom. The Kier molecular flexibility index (Phi) is 3.85. The molecule has 1 aromatic carbocycles. The third-order valence-corrected chi connectivity index (χ3v) is 4.22. The van der Waals surface area contributed by atoms with Crippen molar-refractivity contribution < 1.29 is 0 Å². The van der Waals surface area contributed by atoms with E-state index in [0.717, 1.165) is 23.0 Å². The molecule has 3 rings (SSSR count). The van der Waals surface area contributed by atoms with Crippen LogP contribution in [0.15, 0.2) is 47.8 Å². The van der Waals surface area contributed by atoms with Gasteiger partial charge < -0.3 is 5.32 Å². The van der Waals surface area contributed by atoms with E-state index in [1.54, 1.807) is 11.3 Å². The van der Waals surface area contributed by atoms with E-state index in [1.807, 2.05) is 30.3 Å². The first-order valence-electron chi connectivity index (χ1n) is 6.85. The minimum absolute atomic E-state index is 0.293. The first-order chi connectivity index (χ1) is 10.3. The van der Waals surface area contributed by atoms with E-state index in [1.165, 1.54) is 4.88 Å². The summed E-state index contributed by atoms with van der Waals surface area (Å²) in [5, 5.41) is 15.8. The molecule has 0 aliphatic rings. The maximum atomic E-state index is 9.12. The van der Waals surface area contributed by atoms with Crippen LogP contribution in [0, 0.1) is 11.3 Å². The standard InChI is InChI=1S/C17H15N3S/c1-12(9-14-5-4-8-21-14)19-17-10-13(11-18)20-16-7-3-2-6-15(16)17/h2-8,10,12H,9H2,1H3,(H,19,20). The molecule has 0 radical (unpaired) electrons. The Morgan fingerprint density at radius 2 is 2.14 bits per heavy atom. The third-order valence-electron chi connectivity index (χ3n) is 3.32. The summed E-state index contributed by atoms with van der Waals surface area (Å²) in [7, 11) is 0. The number of hydrogen-bond donors (Lipinski definition) is 1. The number of aromatic nitrogens is 1. The summed E-state index contributed by atoms with van der Waals surface area (Å²) in [4.78, 5) is 5.69. The highest BCUT2D eigenvalue weighted by molar-refractivity contribution is 7.09. The normalized spacial score (nSPS) is 12.0. The van der Waals surface area contributed by atoms with Gasteiger partial charge in [-0.3, -0.25) is 0 Å². The van der Waals surface area contributed by atoms with Gasteiger partial charge in [-0.2, -0.15) is 5.26 Å². The molecule has 0 aliphatic heterocycles. The van der Waals surface area contributed by atoms with Gasteiger partial charge in [0.1, 0.15) is 11.8 Å². The number of pyridine rings is 1. The second-order valence-corrected chi connectivity index (χ2v) is 6.05. The second kappa shape index (κ2) is 5.94. The third kappa shape index (κ3) is 3.04. The Hall–Kier alpha value is -2.38. The van der Waals surface area contributed by atoms with E-state index in [2.05, 4.69) is 40.8 Å². The lowest BCUT2D eigenvalue weighted by atomic mass is 10.1. The zero-order valence-electron chi connectivity index (χ0n) is 11.7. The Morgan fingerprint density at radius 3 is 2.90 bits per heavy atom. The molecule has 0 saturated heterocycles. The Balaban J connectivity index is 1.90. The van der Waals surface area contributed by atoms with Crippen molar-refractivity contribution in [2.24, 2.45) is 0 Å². The van der Waals surface area contributed by atoms with Crippen LogP contribution in [-0.2, 0) is 6.42 Å². The van der Waals surface area contributed by atoms with E-state index in [0.29, 0.717) is 11.7 Å². The fourth-order valence-electron chi connectivity index (χ4n) is 2.40. The Labute approximate surface area is 127 Å². The quantitative estimate of drug-likeness (QED) is 0.784. The molecule has 1 N–H and O–H groups in total. The van der Waals surface area contributed by atoms with E-state index in [-0.39, 0.29) is 0 Å². The molecule has 2 aromatic heterocycles. The lowest BCUT2D eigenvalue weighted by molar-refractivity contribution is 0.801. The molecule has 2 heterocycles. The van der Waals surface area contributed by atoms with E-state index in [4.69, 9.17) is 5.26 Å². The van der Waals surface area contributed by atoms with Crippen LogP contribution in [0.1, 0.15) is 17.5 Å². The largest absolute Gasteiger partial charge is 0.382 e. The summed E-state index contributed by atoms with van der Waals surface area (Å²) in [6, 6.07) is 16.4. The Bertz CT molecular complexity index is 787. The van der Waals surface area contributed by atoms with Crippen LogP contribution in [0.2, 0.25) is 0 Å². The number of rotatable bonds is 4. The number of thiophene rings is 1. The van der Waals surface area contributed by atoms with Gasteiger partial charge in [0, 0.05) is 28.4 Å². The van der Waals surface area contributed by atoms with Crippen LogP contribution in [0.3, 0.4) is 0 Å². The number of nitrogens with zero attached hydrogens (tertiary/aromatic N) is 2. The lowest BCUT2D eigenvalue weighted by Gasteiger charge is -2.16. The van der Waals surface area contributed by atoms with Crippen molar-refractivity contribution >= 4 is 27.9 Å². The molecular formula is C17H15N3S. The van der Waals surface area contributed by atoms with Crippen LogP contribution in [0.5, 0.6) is 0 Å². The highest BCUT2D eigenvalue weighted by atomic mass is 32.1. The molecule has 1 atom stereocenters. The number of nitriles is 1. The average Bonchev–Trinajstić information content (AvgIpc) is 2.99. The monoisotopic (exact) mass is 293 g/mol. The molecule has 21 heavy (non-hydrogen) atoms. The first kappa shape index (κ1) is 13.6. The van der Waals surface area contributed by atoms with Gasteiger partial charge in [0.25, 0.3) is 0 Å². The van der Waals surface area contributed by atoms with Crippen molar-refractivity contribution in [1.82, 2.24) is 4.98 Å². The average molecular weight is 293 g/mol. The van der Waals surface area contributed by atoms with Crippen molar-refractivity contribution in [3.63, 3.8) is 0 Å². The lowest BCUT2D eigenvalue weighted by Crippen LogP contribution is -2.18. The van der Waals surface area contributed by atoms with Crippen molar-refractivity contribution in [2.45, 2.75) is 19.4 Å². The molecule has 0 bridgehead atoms.